The summed E-state index contributed by atoms with van der Waals surface area (Å²) in [7, 11) is 0. The number of pyridine rings is 1. The molecule has 1 aromatic carbocycles. The van der Waals surface area contributed by atoms with E-state index in [-0.39, 0.29) is 11.3 Å². The van der Waals surface area contributed by atoms with Crippen LogP contribution in [0.3, 0.4) is 0 Å². The van der Waals surface area contributed by atoms with E-state index in [1.165, 1.54) is 24.5 Å². The number of benzene rings is 1. The summed E-state index contributed by atoms with van der Waals surface area (Å²) >= 11 is 0. The number of carbonyl (C=O) groups excluding carboxylic acids is 1. The number of carbonyl (C=O) groups is 2. The van der Waals surface area contributed by atoms with Crippen LogP contribution in [-0.4, -0.2) is 32.7 Å². The Labute approximate surface area is 143 Å². The van der Waals surface area contributed by atoms with E-state index >= 15 is 0 Å². The lowest BCUT2D eigenvalue weighted by molar-refractivity contribution is 0.0696. The fourth-order valence-corrected chi connectivity index (χ4v) is 2.21. The van der Waals surface area contributed by atoms with E-state index in [2.05, 4.69) is 15.5 Å². The van der Waals surface area contributed by atoms with Crippen LogP contribution in [0.1, 0.15) is 26.5 Å². The Morgan fingerprint density at radius 1 is 1.08 bits per heavy atom. The molecule has 1 amide bonds. The van der Waals surface area contributed by atoms with Crippen LogP contribution in [0.2, 0.25) is 0 Å². The molecule has 0 bridgehead atoms. The van der Waals surface area contributed by atoms with Gasteiger partial charge in [0.15, 0.2) is 0 Å². The van der Waals surface area contributed by atoms with Gasteiger partial charge in [-0.15, -0.1) is 0 Å². The van der Waals surface area contributed by atoms with Crippen molar-refractivity contribution in [3.8, 4) is 5.69 Å². The van der Waals surface area contributed by atoms with Crippen LogP contribution < -0.4 is 5.43 Å². The van der Waals surface area contributed by atoms with Crippen molar-refractivity contribution < 1.29 is 14.7 Å². The number of hydrogen-bond donors (Lipinski definition) is 2. The van der Waals surface area contributed by atoms with Crippen molar-refractivity contribution in [2.24, 2.45) is 5.10 Å². The van der Waals surface area contributed by atoms with Crippen molar-refractivity contribution >= 4 is 18.1 Å². The second-order valence-electron chi connectivity index (χ2n) is 5.07. The SMILES string of the molecule is O=C(O)c1ccc(-n2cccc2/C=N/NC(=O)c2ccccn2)cc1. The highest BCUT2D eigenvalue weighted by Gasteiger charge is 2.06. The molecule has 124 valence electrons. The van der Waals surface area contributed by atoms with Crippen molar-refractivity contribution in [1.29, 1.82) is 0 Å². The Balaban J connectivity index is 1.73. The van der Waals surface area contributed by atoms with E-state index in [1.807, 2.05) is 22.9 Å². The van der Waals surface area contributed by atoms with Gasteiger partial charge in [-0.1, -0.05) is 6.07 Å². The first kappa shape index (κ1) is 16.1. The lowest BCUT2D eigenvalue weighted by atomic mass is 10.2. The van der Waals surface area contributed by atoms with Crippen LogP contribution in [-0.2, 0) is 0 Å². The molecule has 0 radical (unpaired) electrons. The molecule has 7 nitrogen and oxygen atoms in total. The molecule has 0 spiro atoms. The van der Waals surface area contributed by atoms with Crippen molar-refractivity contribution in [3.05, 3.63) is 83.9 Å². The minimum Gasteiger partial charge on any atom is -0.478 e. The highest BCUT2D eigenvalue weighted by molar-refractivity contribution is 5.93. The second kappa shape index (κ2) is 7.22. The lowest BCUT2D eigenvalue weighted by Gasteiger charge is -2.06. The monoisotopic (exact) mass is 334 g/mol. The molecular weight excluding hydrogens is 320 g/mol. The smallest absolute Gasteiger partial charge is 0.335 e. The van der Waals surface area contributed by atoms with Crippen LogP contribution in [0.4, 0.5) is 0 Å². The third-order valence-electron chi connectivity index (χ3n) is 3.43. The van der Waals surface area contributed by atoms with Crippen LogP contribution in [0.5, 0.6) is 0 Å². The van der Waals surface area contributed by atoms with E-state index in [0.29, 0.717) is 0 Å². The molecular formula is C18H14N4O3. The number of nitrogens with one attached hydrogen (secondary N) is 1. The molecule has 2 N–H and O–H groups in total. The summed E-state index contributed by atoms with van der Waals surface area (Å²) < 4.78 is 1.82. The standard InChI is InChI=1S/C18H14N4O3/c23-17(16-5-1-2-10-19-16)21-20-12-15-4-3-11-22(15)14-8-6-13(7-9-14)18(24)25/h1-12H,(H,21,23)(H,24,25)/b20-12+. The Hall–Kier alpha value is -3.74. The predicted octanol–water partition coefficient (Wildman–Crippen LogP) is 2.33. The molecule has 2 aromatic heterocycles. The van der Waals surface area contributed by atoms with Gasteiger partial charge in [0, 0.05) is 18.1 Å². The van der Waals surface area contributed by atoms with Crippen LogP contribution in [0, 0.1) is 0 Å². The number of aromatic nitrogens is 2. The number of aromatic carboxylic acids is 1. The first-order valence-corrected chi connectivity index (χ1v) is 7.40. The first-order chi connectivity index (χ1) is 12.1. The Morgan fingerprint density at radius 3 is 2.56 bits per heavy atom. The maximum absolute atomic E-state index is 11.9. The fraction of sp³-hybridized carbons (Fsp3) is 0. The molecule has 0 aliphatic rings. The van der Waals surface area contributed by atoms with Gasteiger partial charge >= 0.3 is 5.97 Å². The average molecular weight is 334 g/mol. The van der Waals surface area contributed by atoms with Crippen molar-refractivity contribution in [2.45, 2.75) is 0 Å². The van der Waals surface area contributed by atoms with Gasteiger partial charge in [0.05, 0.1) is 17.5 Å². The molecule has 0 atom stereocenters. The maximum Gasteiger partial charge on any atom is 0.335 e. The highest BCUT2D eigenvalue weighted by Crippen LogP contribution is 2.13. The summed E-state index contributed by atoms with van der Waals surface area (Å²) in [4.78, 5) is 26.7. The zero-order chi connectivity index (χ0) is 17.6. The van der Waals surface area contributed by atoms with Gasteiger partial charge in [-0.25, -0.2) is 10.2 Å². The number of carboxylic acid groups (broad SMARTS) is 1. The number of rotatable bonds is 5. The summed E-state index contributed by atoms with van der Waals surface area (Å²) in [6.45, 7) is 0. The van der Waals surface area contributed by atoms with Gasteiger partial charge in [0.25, 0.3) is 5.91 Å². The first-order valence-electron chi connectivity index (χ1n) is 7.40. The summed E-state index contributed by atoms with van der Waals surface area (Å²) in [5.74, 6) is -1.38. The minimum atomic E-state index is -0.974. The fourth-order valence-electron chi connectivity index (χ4n) is 2.21. The summed E-state index contributed by atoms with van der Waals surface area (Å²) in [6.07, 6.45) is 4.86. The predicted molar refractivity (Wildman–Crippen MR) is 92.0 cm³/mol. The van der Waals surface area contributed by atoms with Crippen LogP contribution in [0.15, 0.2) is 72.1 Å². The Kier molecular flexibility index (Phi) is 4.66. The van der Waals surface area contributed by atoms with Crippen molar-refractivity contribution in [3.63, 3.8) is 0 Å². The van der Waals surface area contributed by atoms with Gasteiger partial charge in [0.2, 0.25) is 0 Å². The molecule has 7 heteroatoms. The second-order valence-corrected chi connectivity index (χ2v) is 5.07. The van der Waals surface area contributed by atoms with Gasteiger partial charge in [-0.2, -0.15) is 5.10 Å². The molecule has 0 aliphatic carbocycles. The van der Waals surface area contributed by atoms with Gasteiger partial charge < -0.3 is 9.67 Å². The average Bonchev–Trinajstić information content (AvgIpc) is 3.11. The largest absolute Gasteiger partial charge is 0.478 e. The molecule has 0 saturated carbocycles. The van der Waals surface area contributed by atoms with E-state index < -0.39 is 11.9 Å². The third kappa shape index (κ3) is 3.78. The number of nitrogens with zero attached hydrogens (tertiary/aromatic N) is 3. The van der Waals surface area contributed by atoms with E-state index in [1.54, 1.807) is 30.3 Å². The molecule has 0 aliphatic heterocycles. The number of carboxylic acids is 1. The third-order valence-corrected chi connectivity index (χ3v) is 3.43. The topological polar surface area (TPSA) is 96.6 Å². The van der Waals surface area contributed by atoms with E-state index in [9.17, 15) is 9.59 Å². The normalized spacial score (nSPS) is 10.7. The summed E-state index contributed by atoms with van der Waals surface area (Å²) in [5.41, 5.74) is 4.42. The van der Waals surface area contributed by atoms with Gasteiger partial charge in [-0.05, 0) is 48.5 Å². The molecule has 3 rings (SSSR count). The minimum absolute atomic E-state index is 0.216. The quantitative estimate of drug-likeness (QED) is 0.553. The number of hydrogen-bond acceptors (Lipinski definition) is 4. The zero-order valence-corrected chi connectivity index (χ0v) is 13.0. The highest BCUT2D eigenvalue weighted by atomic mass is 16.4. The van der Waals surface area contributed by atoms with Gasteiger partial charge in [0.1, 0.15) is 5.69 Å². The molecule has 0 unspecified atom stereocenters. The Bertz CT molecular complexity index is 915. The summed E-state index contributed by atoms with van der Waals surface area (Å²) in [6, 6.07) is 15.1. The molecule has 25 heavy (non-hydrogen) atoms. The lowest BCUT2D eigenvalue weighted by Crippen LogP contribution is -2.18. The van der Waals surface area contributed by atoms with Gasteiger partial charge in [-0.3, -0.25) is 9.78 Å². The van der Waals surface area contributed by atoms with Crippen LogP contribution >= 0.6 is 0 Å². The van der Waals surface area contributed by atoms with Crippen molar-refractivity contribution in [1.82, 2.24) is 15.0 Å². The molecule has 3 aromatic rings. The van der Waals surface area contributed by atoms with E-state index in [0.717, 1.165) is 11.4 Å². The Morgan fingerprint density at radius 2 is 1.88 bits per heavy atom. The maximum atomic E-state index is 11.9. The summed E-state index contributed by atoms with van der Waals surface area (Å²) in [5, 5.41) is 12.9. The van der Waals surface area contributed by atoms with Crippen molar-refractivity contribution in [2.75, 3.05) is 0 Å². The van der Waals surface area contributed by atoms with Crippen LogP contribution in [0.25, 0.3) is 5.69 Å². The number of hydrazone groups is 1. The van der Waals surface area contributed by atoms with E-state index in [4.69, 9.17) is 5.11 Å². The molecule has 0 saturated heterocycles. The zero-order valence-electron chi connectivity index (χ0n) is 13.0. The molecule has 0 fully saturated rings. The molecule has 2 heterocycles. The number of amides is 1.